The molecule has 11 heteroatoms. The number of halogens is 1. The monoisotopic (exact) mass is 382 g/mol. The van der Waals surface area contributed by atoms with Crippen LogP contribution in [0.4, 0.5) is 10.1 Å². The predicted molar refractivity (Wildman–Crippen MR) is 92.2 cm³/mol. The van der Waals surface area contributed by atoms with E-state index >= 15 is 0 Å². The maximum absolute atomic E-state index is 14.1. The molecule has 2 N–H and O–H groups in total. The zero-order valence-electron chi connectivity index (χ0n) is 14.4. The minimum Gasteiger partial charge on any atom is -0.325 e. The number of tetrazole rings is 1. The van der Waals surface area contributed by atoms with Gasteiger partial charge in [-0.3, -0.25) is 4.79 Å². The lowest BCUT2D eigenvalue weighted by Gasteiger charge is -2.34. The molecule has 2 aromatic rings. The Kier molecular flexibility index (Phi) is 4.76. The predicted octanol–water partition coefficient (Wildman–Crippen LogP) is 0.215. The Morgan fingerprint density at radius 3 is 2.62 bits per heavy atom. The second kappa shape index (κ2) is 6.72. The minimum atomic E-state index is -3.64. The molecule has 140 valence electrons. The van der Waals surface area contributed by atoms with Gasteiger partial charge in [-0.05, 0) is 61.5 Å². The fourth-order valence-electron chi connectivity index (χ4n) is 3.05. The largest absolute Gasteiger partial charge is 0.325 e. The van der Waals surface area contributed by atoms with Gasteiger partial charge in [-0.25, -0.2) is 12.8 Å². The Balaban J connectivity index is 1.93. The van der Waals surface area contributed by atoms with E-state index in [0.717, 1.165) is 6.26 Å². The summed E-state index contributed by atoms with van der Waals surface area (Å²) >= 11 is 0. The van der Waals surface area contributed by atoms with Crippen LogP contribution >= 0.6 is 0 Å². The standard InChI is InChI=1S/C15H19FN6O3S/c1-10-19-20-21-22(10)13-9-11(3-4-12(13)16)18-14(23)15(26(2,24)25)5-7-17-8-6-15/h3-4,9,17H,5-8H2,1-2H3,(H,18,23). The minimum absolute atomic E-state index is 0.0593. The van der Waals surface area contributed by atoms with Crippen LogP contribution in [0.15, 0.2) is 18.2 Å². The number of nitrogens with zero attached hydrogens (tertiary/aromatic N) is 4. The van der Waals surface area contributed by atoms with Crippen molar-refractivity contribution in [2.45, 2.75) is 24.5 Å². The second-order valence-corrected chi connectivity index (χ2v) is 8.60. The molecule has 0 radical (unpaired) electrons. The molecule has 1 fully saturated rings. The molecule has 3 rings (SSSR count). The van der Waals surface area contributed by atoms with Crippen molar-refractivity contribution in [3.05, 3.63) is 29.8 Å². The smallest absolute Gasteiger partial charge is 0.245 e. The maximum atomic E-state index is 14.1. The van der Waals surface area contributed by atoms with E-state index in [1.165, 1.54) is 22.9 Å². The van der Waals surface area contributed by atoms with Crippen LogP contribution in [0.1, 0.15) is 18.7 Å². The van der Waals surface area contributed by atoms with Gasteiger partial charge >= 0.3 is 0 Å². The SMILES string of the molecule is Cc1nnnn1-c1cc(NC(=O)C2(S(C)(=O)=O)CCNCC2)ccc1F. The molecule has 26 heavy (non-hydrogen) atoms. The molecule has 2 heterocycles. The number of nitrogens with one attached hydrogen (secondary N) is 2. The normalized spacial score (nSPS) is 17.0. The van der Waals surface area contributed by atoms with Crippen LogP contribution in [0.3, 0.4) is 0 Å². The van der Waals surface area contributed by atoms with E-state index < -0.39 is 26.3 Å². The lowest BCUT2D eigenvalue weighted by molar-refractivity contribution is -0.119. The first-order valence-electron chi connectivity index (χ1n) is 8.01. The number of sulfone groups is 1. The van der Waals surface area contributed by atoms with Crippen LogP contribution in [0.5, 0.6) is 0 Å². The van der Waals surface area contributed by atoms with Crippen LogP contribution in [-0.2, 0) is 14.6 Å². The Morgan fingerprint density at radius 1 is 1.35 bits per heavy atom. The number of rotatable bonds is 4. The number of amides is 1. The average Bonchev–Trinajstić information content (AvgIpc) is 3.02. The lowest BCUT2D eigenvalue weighted by atomic mass is 9.95. The Hall–Kier alpha value is -2.40. The summed E-state index contributed by atoms with van der Waals surface area (Å²) in [6.45, 7) is 2.47. The van der Waals surface area contributed by atoms with Crippen LogP contribution in [-0.4, -0.2) is 58.6 Å². The van der Waals surface area contributed by atoms with Crippen LogP contribution < -0.4 is 10.6 Å². The molecule has 1 aromatic carbocycles. The molecule has 0 aliphatic carbocycles. The maximum Gasteiger partial charge on any atom is 0.245 e. The summed E-state index contributed by atoms with van der Waals surface area (Å²) < 4.78 is 38.5. The van der Waals surface area contributed by atoms with E-state index in [4.69, 9.17) is 0 Å². The van der Waals surface area contributed by atoms with E-state index in [2.05, 4.69) is 26.2 Å². The molecule has 1 amide bonds. The third kappa shape index (κ3) is 3.19. The van der Waals surface area contributed by atoms with Gasteiger partial charge in [-0.1, -0.05) is 0 Å². The number of piperidine rings is 1. The summed E-state index contributed by atoms with van der Waals surface area (Å²) in [5.74, 6) is -0.816. The van der Waals surface area contributed by atoms with Crippen molar-refractivity contribution in [2.24, 2.45) is 0 Å². The lowest BCUT2D eigenvalue weighted by Crippen LogP contribution is -2.55. The molecule has 1 aliphatic rings. The number of benzene rings is 1. The summed E-state index contributed by atoms with van der Waals surface area (Å²) in [6.07, 6.45) is 1.42. The molecule has 1 aliphatic heterocycles. The molecule has 1 aromatic heterocycles. The number of carbonyl (C=O) groups is 1. The Bertz CT molecular complexity index is 937. The topological polar surface area (TPSA) is 119 Å². The molecular formula is C15H19FN6O3S. The van der Waals surface area contributed by atoms with Crippen molar-refractivity contribution >= 4 is 21.4 Å². The highest BCUT2D eigenvalue weighted by molar-refractivity contribution is 7.92. The number of carbonyl (C=O) groups excluding carboxylic acids is 1. The number of hydrogen-bond donors (Lipinski definition) is 2. The third-order valence-electron chi connectivity index (χ3n) is 4.59. The van der Waals surface area contributed by atoms with Crippen molar-refractivity contribution in [3.8, 4) is 5.69 Å². The highest BCUT2D eigenvalue weighted by Crippen LogP contribution is 2.30. The molecule has 0 unspecified atom stereocenters. The van der Waals surface area contributed by atoms with Gasteiger partial charge in [0, 0.05) is 11.9 Å². The Labute approximate surface area is 149 Å². The summed E-state index contributed by atoms with van der Waals surface area (Å²) in [4.78, 5) is 12.8. The van der Waals surface area contributed by atoms with E-state index in [-0.39, 0.29) is 24.2 Å². The fourth-order valence-corrected chi connectivity index (χ4v) is 4.38. The highest BCUT2D eigenvalue weighted by Gasteiger charge is 2.48. The second-order valence-electron chi connectivity index (χ2n) is 6.27. The number of hydrogen-bond acceptors (Lipinski definition) is 7. The van der Waals surface area contributed by atoms with Crippen molar-refractivity contribution in [3.63, 3.8) is 0 Å². The zero-order valence-corrected chi connectivity index (χ0v) is 15.2. The molecule has 0 bridgehead atoms. The first kappa shape index (κ1) is 18.4. The first-order valence-corrected chi connectivity index (χ1v) is 9.90. The van der Waals surface area contributed by atoms with E-state index in [1.807, 2.05) is 0 Å². The van der Waals surface area contributed by atoms with Crippen molar-refractivity contribution in [1.29, 1.82) is 0 Å². The quantitative estimate of drug-likeness (QED) is 0.776. The summed E-state index contributed by atoms with van der Waals surface area (Å²) in [5, 5.41) is 16.5. The highest BCUT2D eigenvalue weighted by atomic mass is 32.2. The average molecular weight is 382 g/mol. The molecule has 0 atom stereocenters. The van der Waals surface area contributed by atoms with Crippen molar-refractivity contribution < 1.29 is 17.6 Å². The fraction of sp³-hybridized carbons (Fsp3) is 0.467. The molecule has 9 nitrogen and oxygen atoms in total. The molecule has 0 spiro atoms. The van der Waals surface area contributed by atoms with Crippen LogP contribution in [0.2, 0.25) is 0 Å². The van der Waals surface area contributed by atoms with Gasteiger partial charge in [0.15, 0.2) is 20.4 Å². The van der Waals surface area contributed by atoms with Crippen molar-refractivity contribution in [1.82, 2.24) is 25.5 Å². The summed E-state index contributed by atoms with van der Waals surface area (Å²) in [5.41, 5.74) is 0.326. The van der Waals surface area contributed by atoms with Gasteiger partial charge in [0.2, 0.25) is 5.91 Å². The van der Waals surface area contributed by atoms with Crippen LogP contribution in [0, 0.1) is 12.7 Å². The van der Waals surface area contributed by atoms with Crippen molar-refractivity contribution in [2.75, 3.05) is 24.7 Å². The van der Waals surface area contributed by atoms with Gasteiger partial charge in [0.25, 0.3) is 0 Å². The van der Waals surface area contributed by atoms with Gasteiger partial charge in [-0.15, -0.1) is 5.10 Å². The van der Waals surface area contributed by atoms with E-state index in [9.17, 15) is 17.6 Å². The summed E-state index contributed by atoms with van der Waals surface area (Å²) in [6, 6.07) is 3.91. The van der Waals surface area contributed by atoms with Crippen LogP contribution in [0.25, 0.3) is 5.69 Å². The van der Waals surface area contributed by atoms with Gasteiger partial charge in [-0.2, -0.15) is 4.68 Å². The van der Waals surface area contributed by atoms with Gasteiger partial charge in [0.1, 0.15) is 11.5 Å². The first-order chi connectivity index (χ1) is 12.2. The number of anilines is 1. The molecule has 1 saturated heterocycles. The van der Waals surface area contributed by atoms with E-state index in [0.29, 0.717) is 18.9 Å². The third-order valence-corrected chi connectivity index (χ3v) is 6.61. The molecule has 0 saturated carbocycles. The molecular weight excluding hydrogens is 363 g/mol. The van der Waals surface area contributed by atoms with E-state index in [1.54, 1.807) is 6.92 Å². The number of aromatic nitrogens is 4. The van der Waals surface area contributed by atoms with Gasteiger partial charge in [0.05, 0.1) is 0 Å². The summed E-state index contributed by atoms with van der Waals surface area (Å²) in [7, 11) is -3.64. The Morgan fingerprint density at radius 2 is 2.04 bits per heavy atom. The zero-order chi connectivity index (χ0) is 18.9. The van der Waals surface area contributed by atoms with Gasteiger partial charge < -0.3 is 10.6 Å². The number of aryl methyl sites for hydroxylation is 1.